The molecule has 0 fully saturated rings. The second kappa shape index (κ2) is 9.45. The van der Waals surface area contributed by atoms with E-state index in [-0.39, 0.29) is 25.9 Å². The third-order valence-electron chi connectivity index (χ3n) is 4.22. The van der Waals surface area contributed by atoms with Crippen molar-refractivity contribution in [3.8, 4) is 11.4 Å². The molecule has 0 unspecified atom stereocenters. The Morgan fingerprint density at radius 2 is 1.76 bits per heavy atom. The fourth-order valence-corrected chi connectivity index (χ4v) is 2.89. The van der Waals surface area contributed by atoms with Crippen LogP contribution in [-0.2, 0) is 20.1 Å². The number of anilines is 3. The zero-order chi connectivity index (χ0) is 19.3. The Kier molecular flexibility index (Phi) is 6.75. The van der Waals surface area contributed by atoms with Crippen LogP contribution in [0.1, 0.15) is 0 Å². The molecule has 4 aromatic rings. The maximum Gasteiger partial charge on any atom is 3.00 e. The van der Waals surface area contributed by atoms with Crippen LogP contribution in [0, 0.1) is 18.6 Å². The summed E-state index contributed by atoms with van der Waals surface area (Å²) >= 11 is 0. The summed E-state index contributed by atoms with van der Waals surface area (Å²) in [5.41, 5.74) is 4.74. The number of rotatable bonds is 2. The molecule has 5 nitrogen and oxygen atoms in total. The van der Waals surface area contributed by atoms with Crippen LogP contribution in [0.4, 0.5) is 21.5 Å². The molecule has 0 saturated heterocycles. The molecule has 146 valence electrons. The molecular weight excluding hydrogens is 545 g/mol. The van der Waals surface area contributed by atoms with Gasteiger partial charge in [-0.25, -0.2) is 0 Å². The van der Waals surface area contributed by atoms with Gasteiger partial charge in [0.15, 0.2) is 0 Å². The average Bonchev–Trinajstić information content (AvgIpc) is 3.39. The predicted molar refractivity (Wildman–Crippen MR) is 107 cm³/mol. The van der Waals surface area contributed by atoms with Crippen molar-refractivity contribution in [2.24, 2.45) is 0 Å². The molecule has 5 rings (SSSR count). The van der Waals surface area contributed by atoms with Gasteiger partial charge in [-0.2, -0.15) is 12.7 Å². The zero-order valence-corrected chi connectivity index (χ0v) is 17.9. The van der Waals surface area contributed by atoms with Crippen LogP contribution in [0.15, 0.2) is 79.1 Å². The maximum absolute atomic E-state index is 12.9. The zero-order valence-electron chi connectivity index (χ0n) is 15.5. The molecule has 2 aromatic carbocycles. The normalized spacial score (nSPS) is 11.9. The van der Waals surface area contributed by atoms with Crippen LogP contribution < -0.4 is 14.9 Å². The van der Waals surface area contributed by atoms with Gasteiger partial charge in [-0.15, -0.1) is 23.9 Å². The third-order valence-corrected chi connectivity index (χ3v) is 4.22. The van der Waals surface area contributed by atoms with Crippen molar-refractivity contribution in [2.45, 2.75) is 0 Å². The first kappa shape index (κ1) is 20.7. The quantitative estimate of drug-likeness (QED) is 0.339. The second-order valence-corrected chi connectivity index (χ2v) is 6.11. The number of benzene rings is 2. The summed E-state index contributed by atoms with van der Waals surface area (Å²) in [6.07, 6.45) is 3.40. The first-order valence-corrected chi connectivity index (χ1v) is 8.71. The Morgan fingerprint density at radius 3 is 2.41 bits per heavy atom. The van der Waals surface area contributed by atoms with Gasteiger partial charge in [0.05, 0.1) is 0 Å². The first-order valence-electron chi connectivity index (χ1n) is 8.71. The van der Waals surface area contributed by atoms with Crippen molar-refractivity contribution < 1.29 is 24.5 Å². The van der Waals surface area contributed by atoms with Crippen LogP contribution >= 0.6 is 0 Å². The number of hydrogen-bond acceptors (Lipinski definition) is 4. The fraction of sp³-hybridized carbons (Fsp3) is 0.0455. The number of nitrogens with zero attached hydrogens (tertiary/aromatic N) is 5. The van der Waals surface area contributed by atoms with E-state index in [1.807, 2.05) is 66.0 Å². The minimum atomic E-state index is -0.269. The van der Waals surface area contributed by atoms with E-state index in [2.05, 4.69) is 27.3 Å². The van der Waals surface area contributed by atoms with Gasteiger partial charge in [-0.1, -0.05) is 30.0 Å². The van der Waals surface area contributed by atoms with Crippen LogP contribution in [-0.4, -0.2) is 17.1 Å². The molecule has 3 heterocycles. The minimum absolute atomic E-state index is 0. The molecule has 0 atom stereocenters. The Hall–Kier alpha value is -3.02. The summed E-state index contributed by atoms with van der Waals surface area (Å²) in [6.45, 7) is 1.97. The van der Waals surface area contributed by atoms with E-state index in [4.69, 9.17) is 0 Å². The van der Waals surface area contributed by atoms with E-state index >= 15 is 0 Å². The molecule has 0 N–H and O–H groups in total. The number of para-hydroxylation sites is 2. The number of hydrogen-bond donors (Lipinski definition) is 0. The van der Waals surface area contributed by atoms with Gasteiger partial charge in [0.1, 0.15) is 0 Å². The molecule has 7 heteroatoms. The van der Waals surface area contributed by atoms with Gasteiger partial charge in [-0.3, -0.25) is 9.37 Å². The third kappa shape index (κ3) is 4.70. The number of aromatic nitrogens is 3. The Balaban J connectivity index is 0.000000174. The monoisotopic (exact) mass is 563 g/mol. The number of fused-ring (bicyclic) bond motifs is 1. The number of halogens is 1. The Morgan fingerprint density at radius 1 is 0.966 bits per heavy atom. The summed E-state index contributed by atoms with van der Waals surface area (Å²) in [5.74, 6) is -0.269. The predicted octanol–water partition coefficient (Wildman–Crippen LogP) is 4.43. The van der Waals surface area contributed by atoms with E-state index in [9.17, 15) is 4.39 Å². The summed E-state index contributed by atoms with van der Waals surface area (Å²) in [5, 5.41) is 7.58. The molecular formula is C22H17FIrN5. The second-order valence-electron chi connectivity index (χ2n) is 6.11. The number of pyridine rings is 1. The molecule has 1 aliphatic heterocycles. The van der Waals surface area contributed by atoms with Crippen LogP contribution in [0.3, 0.4) is 0 Å². The van der Waals surface area contributed by atoms with E-state index in [1.165, 1.54) is 12.1 Å². The van der Waals surface area contributed by atoms with Gasteiger partial charge in [0, 0.05) is 35.3 Å². The van der Waals surface area contributed by atoms with Crippen molar-refractivity contribution in [3.63, 3.8) is 0 Å². The molecule has 1 aliphatic rings. The van der Waals surface area contributed by atoms with Crippen molar-refractivity contribution in [1.82, 2.24) is 15.2 Å². The largest absolute Gasteiger partial charge is 3.00 e. The van der Waals surface area contributed by atoms with Crippen LogP contribution in [0.25, 0.3) is 11.4 Å². The van der Waals surface area contributed by atoms with Gasteiger partial charge >= 0.3 is 20.1 Å². The van der Waals surface area contributed by atoms with E-state index in [0.717, 1.165) is 28.5 Å². The van der Waals surface area contributed by atoms with Crippen molar-refractivity contribution in [1.29, 1.82) is 0 Å². The molecule has 0 radical (unpaired) electrons. The van der Waals surface area contributed by atoms with E-state index < -0.39 is 0 Å². The van der Waals surface area contributed by atoms with E-state index in [0.29, 0.717) is 0 Å². The molecule has 0 bridgehead atoms. The Bertz CT molecular complexity index is 1020. The van der Waals surface area contributed by atoms with Gasteiger partial charge in [0.2, 0.25) is 0 Å². The summed E-state index contributed by atoms with van der Waals surface area (Å²) < 4.78 is 12.9. The smallest absolute Gasteiger partial charge is 0.574 e. The summed E-state index contributed by atoms with van der Waals surface area (Å²) in [4.78, 5) is 8.15. The minimum Gasteiger partial charge on any atom is -0.574 e. The molecule has 0 amide bonds. The topological polar surface area (TPSA) is 46.4 Å². The fourth-order valence-electron chi connectivity index (χ4n) is 2.89. The summed E-state index contributed by atoms with van der Waals surface area (Å²) in [6, 6.07) is 23.1. The molecule has 2 aromatic heterocycles. The van der Waals surface area contributed by atoms with E-state index in [1.54, 1.807) is 18.5 Å². The van der Waals surface area contributed by atoms with Crippen molar-refractivity contribution in [2.75, 3.05) is 16.8 Å². The summed E-state index contributed by atoms with van der Waals surface area (Å²) in [7, 11) is 1.99. The molecule has 29 heavy (non-hydrogen) atoms. The Labute approximate surface area is 182 Å². The van der Waals surface area contributed by atoms with Gasteiger partial charge in [-0.05, 0) is 31.3 Å². The van der Waals surface area contributed by atoms with Gasteiger partial charge in [0.25, 0.3) is 0 Å². The standard InChI is InChI=1S/C14H11FN2.C8H6N3.Ir/c1-16-10-17(12-8-6-11(15)7-9-12)14-5-3-2-4-13(14)16;1-2-5-9-7(3-1)8-4-6-10-11-8;/h2-8,10H,1H3;1-6H;/q-2;-1;+3. The average molecular weight is 563 g/mol. The van der Waals surface area contributed by atoms with Crippen molar-refractivity contribution in [3.05, 3.63) is 97.7 Å². The molecule has 0 spiro atoms. The van der Waals surface area contributed by atoms with Crippen molar-refractivity contribution >= 4 is 17.1 Å². The van der Waals surface area contributed by atoms with Gasteiger partial charge < -0.3 is 20.0 Å². The first-order chi connectivity index (χ1) is 13.7. The van der Waals surface area contributed by atoms with Crippen LogP contribution in [0.2, 0.25) is 0 Å². The molecule has 0 saturated carbocycles. The maximum atomic E-state index is 12.9. The SMILES string of the molecule is CN1[CH-]N(c2[c-]cc(F)cc2)c2ccccc21.[Ir+3].c1ccc(-c2ccn[n-]2)nc1. The molecule has 0 aliphatic carbocycles. The van der Waals surface area contributed by atoms with Crippen LogP contribution in [0.5, 0.6) is 0 Å².